The lowest BCUT2D eigenvalue weighted by Crippen LogP contribution is -2.65. The lowest BCUT2D eigenvalue weighted by atomic mass is 9.73. The van der Waals surface area contributed by atoms with E-state index in [1.165, 1.54) is 11.0 Å². The molecule has 1 saturated heterocycles. The number of hydrogen-bond acceptors (Lipinski definition) is 4. The Hall–Kier alpha value is -2.22. The number of rotatable bonds is 0. The third kappa shape index (κ3) is 2.61. The highest BCUT2D eigenvalue weighted by Crippen LogP contribution is 2.50. The van der Waals surface area contributed by atoms with Gasteiger partial charge in [-0.1, -0.05) is 0 Å². The fourth-order valence-electron chi connectivity index (χ4n) is 3.83. The van der Waals surface area contributed by atoms with Crippen LogP contribution in [-0.2, 0) is 14.9 Å². The van der Waals surface area contributed by atoms with Crippen LogP contribution in [0.25, 0.3) is 10.9 Å². The van der Waals surface area contributed by atoms with E-state index in [0.717, 1.165) is 5.56 Å². The minimum absolute atomic E-state index is 0.0907. The maximum absolute atomic E-state index is 13.9. The van der Waals surface area contributed by atoms with Crippen molar-refractivity contribution < 1.29 is 18.7 Å². The molecule has 142 valence electrons. The van der Waals surface area contributed by atoms with E-state index in [-0.39, 0.29) is 19.0 Å². The number of carbonyl (C=O) groups excluding carboxylic acids is 2. The van der Waals surface area contributed by atoms with Crippen molar-refractivity contribution in [1.29, 1.82) is 0 Å². The maximum atomic E-state index is 13.9. The van der Waals surface area contributed by atoms with Crippen molar-refractivity contribution in [1.82, 2.24) is 9.88 Å². The van der Waals surface area contributed by atoms with Crippen LogP contribution in [0.3, 0.4) is 0 Å². The van der Waals surface area contributed by atoms with Gasteiger partial charge in [-0.2, -0.15) is 0 Å². The zero-order valence-corrected chi connectivity index (χ0v) is 17.1. The first-order chi connectivity index (χ1) is 12.5. The second-order valence-corrected chi connectivity index (χ2v) is 8.94. The van der Waals surface area contributed by atoms with Crippen LogP contribution < -0.4 is 4.90 Å². The van der Waals surface area contributed by atoms with E-state index >= 15 is 0 Å². The van der Waals surface area contributed by atoms with Crippen LogP contribution in [0.15, 0.2) is 22.8 Å². The molecule has 0 aliphatic carbocycles. The van der Waals surface area contributed by atoms with Gasteiger partial charge < -0.3 is 14.5 Å². The lowest BCUT2D eigenvalue weighted by Gasteiger charge is -2.46. The summed E-state index contributed by atoms with van der Waals surface area (Å²) in [6.07, 6.45) is 1.15. The fourth-order valence-corrected chi connectivity index (χ4v) is 4.17. The first-order valence-electron chi connectivity index (χ1n) is 8.58. The Morgan fingerprint density at radius 2 is 2.00 bits per heavy atom. The second kappa shape index (κ2) is 5.64. The Morgan fingerprint density at radius 3 is 2.63 bits per heavy atom. The van der Waals surface area contributed by atoms with Crippen LogP contribution in [0, 0.1) is 5.82 Å². The topological polar surface area (TPSA) is 62.7 Å². The third-order valence-electron chi connectivity index (χ3n) is 5.02. The highest BCUT2D eigenvalue weighted by molar-refractivity contribution is 9.10. The molecule has 0 radical (unpaired) electrons. The van der Waals surface area contributed by atoms with Gasteiger partial charge in [-0.05, 0) is 42.8 Å². The van der Waals surface area contributed by atoms with Crippen LogP contribution in [0.2, 0.25) is 0 Å². The van der Waals surface area contributed by atoms with Gasteiger partial charge in [-0.3, -0.25) is 9.78 Å². The second-order valence-electron chi connectivity index (χ2n) is 8.08. The summed E-state index contributed by atoms with van der Waals surface area (Å²) in [5.74, 6) is -0.502. The normalized spacial score (nSPS) is 18.1. The number of amides is 2. The van der Waals surface area contributed by atoms with Crippen molar-refractivity contribution in [3.05, 3.63) is 34.2 Å². The quantitative estimate of drug-likeness (QED) is 0.633. The van der Waals surface area contributed by atoms with Gasteiger partial charge in [0.15, 0.2) is 0 Å². The first-order valence-corrected chi connectivity index (χ1v) is 9.37. The van der Waals surface area contributed by atoms with Gasteiger partial charge in [0.2, 0.25) is 5.91 Å². The molecule has 0 unspecified atom stereocenters. The van der Waals surface area contributed by atoms with Gasteiger partial charge in [0.05, 0.1) is 21.9 Å². The van der Waals surface area contributed by atoms with Crippen molar-refractivity contribution in [3.8, 4) is 0 Å². The average molecular weight is 436 g/mol. The number of ether oxygens (including phenoxy) is 1. The zero-order chi connectivity index (χ0) is 19.7. The molecular formula is C19H19BrFN3O3. The van der Waals surface area contributed by atoms with Crippen LogP contribution in [-0.4, -0.2) is 47.6 Å². The van der Waals surface area contributed by atoms with Crippen LogP contribution in [0.5, 0.6) is 0 Å². The maximum Gasteiger partial charge on any atom is 0.410 e. The SMILES string of the molecule is CN1C(=O)C2(CN(C(=O)OC(C)(C)C)C2)c2c1cnc1cc(F)c(Br)cc21. The third-order valence-corrected chi connectivity index (χ3v) is 5.62. The lowest BCUT2D eigenvalue weighted by molar-refractivity contribution is -0.128. The fraction of sp³-hybridized carbons (Fsp3) is 0.421. The number of hydrogen-bond donors (Lipinski definition) is 0. The van der Waals surface area contributed by atoms with E-state index < -0.39 is 22.9 Å². The Bertz CT molecular complexity index is 996. The summed E-state index contributed by atoms with van der Waals surface area (Å²) >= 11 is 3.21. The summed E-state index contributed by atoms with van der Waals surface area (Å²) in [5.41, 5.74) is 0.509. The number of aromatic nitrogens is 1. The number of nitrogens with zero attached hydrogens (tertiary/aromatic N) is 3. The number of fused-ring (bicyclic) bond motifs is 4. The molecule has 27 heavy (non-hydrogen) atoms. The van der Waals surface area contributed by atoms with Crippen molar-refractivity contribution >= 4 is 44.5 Å². The Balaban J connectivity index is 1.78. The number of benzene rings is 1. The van der Waals surface area contributed by atoms with Gasteiger partial charge in [0, 0.05) is 37.2 Å². The molecule has 4 rings (SSSR count). The smallest absolute Gasteiger partial charge is 0.410 e. The Labute approximate surface area is 164 Å². The molecule has 3 heterocycles. The van der Waals surface area contributed by atoms with Crippen molar-refractivity contribution in [3.63, 3.8) is 0 Å². The zero-order valence-electron chi connectivity index (χ0n) is 15.5. The minimum Gasteiger partial charge on any atom is -0.444 e. The van der Waals surface area contributed by atoms with Gasteiger partial charge in [0.25, 0.3) is 0 Å². The van der Waals surface area contributed by atoms with E-state index in [2.05, 4.69) is 20.9 Å². The molecule has 1 fully saturated rings. The van der Waals surface area contributed by atoms with Crippen LogP contribution in [0.4, 0.5) is 14.9 Å². The highest BCUT2D eigenvalue weighted by atomic mass is 79.9. The van der Waals surface area contributed by atoms with E-state index in [9.17, 15) is 14.0 Å². The molecule has 2 aromatic rings. The highest BCUT2D eigenvalue weighted by Gasteiger charge is 2.60. The first kappa shape index (κ1) is 18.2. The predicted molar refractivity (Wildman–Crippen MR) is 102 cm³/mol. The van der Waals surface area contributed by atoms with E-state index in [0.29, 0.717) is 21.1 Å². The van der Waals surface area contributed by atoms with Gasteiger partial charge in [0.1, 0.15) is 16.8 Å². The standard InChI is InChI=1S/C19H19BrFN3O3/c1-18(2,3)27-17(26)24-8-19(9-24)15-10-5-11(20)12(21)6-13(10)22-7-14(15)23(4)16(19)25/h5-7H,8-9H2,1-4H3. The molecule has 2 aliphatic rings. The molecule has 2 amide bonds. The number of pyridine rings is 1. The Morgan fingerprint density at radius 1 is 1.33 bits per heavy atom. The molecule has 1 spiro atoms. The molecular weight excluding hydrogens is 417 g/mol. The minimum atomic E-state index is -0.848. The number of anilines is 1. The van der Waals surface area contributed by atoms with Crippen LogP contribution in [0.1, 0.15) is 26.3 Å². The van der Waals surface area contributed by atoms with E-state index in [1.807, 2.05) is 0 Å². The van der Waals surface area contributed by atoms with Crippen molar-refractivity contribution in [2.24, 2.45) is 0 Å². The monoisotopic (exact) mass is 435 g/mol. The molecule has 0 atom stereocenters. The van der Waals surface area contributed by atoms with E-state index in [4.69, 9.17) is 4.74 Å². The summed E-state index contributed by atoms with van der Waals surface area (Å²) < 4.78 is 19.7. The molecule has 0 saturated carbocycles. The predicted octanol–water partition coefficient (Wildman–Crippen LogP) is 3.60. The largest absolute Gasteiger partial charge is 0.444 e. The summed E-state index contributed by atoms with van der Waals surface area (Å²) in [6.45, 7) is 5.86. The van der Waals surface area contributed by atoms with Gasteiger partial charge in [-0.25, -0.2) is 9.18 Å². The molecule has 0 N–H and O–H groups in total. The average Bonchev–Trinajstić information content (AvgIpc) is 2.74. The van der Waals surface area contributed by atoms with Crippen molar-refractivity contribution in [2.75, 3.05) is 25.0 Å². The number of likely N-dealkylation sites (N-methyl/N-ethyl adjacent to an activating group) is 1. The molecule has 8 heteroatoms. The molecule has 1 aromatic heterocycles. The summed E-state index contributed by atoms with van der Waals surface area (Å²) in [6, 6.07) is 3.00. The summed E-state index contributed by atoms with van der Waals surface area (Å²) in [5, 5.41) is 0.710. The molecule has 1 aromatic carbocycles. The molecule has 0 bridgehead atoms. The van der Waals surface area contributed by atoms with Crippen molar-refractivity contribution in [2.45, 2.75) is 31.8 Å². The molecule has 2 aliphatic heterocycles. The van der Waals surface area contributed by atoms with Gasteiger partial charge >= 0.3 is 6.09 Å². The summed E-state index contributed by atoms with van der Waals surface area (Å²) in [7, 11) is 1.69. The number of likely N-dealkylation sites (tertiary alicyclic amines) is 1. The molecule has 6 nitrogen and oxygen atoms in total. The summed E-state index contributed by atoms with van der Waals surface area (Å²) in [4.78, 5) is 32.8. The van der Waals surface area contributed by atoms with Gasteiger partial charge in [-0.15, -0.1) is 0 Å². The Kier molecular flexibility index (Phi) is 3.79. The number of halogens is 2. The van der Waals surface area contributed by atoms with E-state index in [1.54, 1.807) is 45.0 Å². The number of carbonyl (C=O) groups is 2. The van der Waals surface area contributed by atoms with Crippen LogP contribution >= 0.6 is 15.9 Å².